The van der Waals surface area contributed by atoms with E-state index in [1.807, 2.05) is 65.0 Å². The predicted molar refractivity (Wildman–Crippen MR) is 144 cm³/mol. The van der Waals surface area contributed by atoms with Crippen LogP contribution in [-0.2, 0) is 4.28 Å². The van der Waals surface area contributed by atoms with Crippen LogP contribution in [-0.4, -0.2) is 11.0 Å². The molecule has 0 radical (unpaired) electrons. The molecule has 0 saturated heterocycles. The van der Waals surface area contributed by atoms with Crippen molar-refractivity contribution in [2.24, 2.45) is 5.16 Å². The molecule has 170 valence electrons. The number of nitrogens with zero attached hydrogens (tertiary/aromatic N) is 1. The number of halogens is 2. The first kappa shape index (κ1) is 29.7. The van der Waals surface area contributed by atoms with Gasteiger partial charge in [0.05, 0.1) is 10.1 Å². The Kier molecular flexibility index (Phi) is 16.5. The summed E-state index contributed by atoms with van der Waals surface area (Å²) in [6.07, 6.45) is 3.39. The summed E-state index contributed by atoms with van der Waals surface area (Å²) in [5, 5.41) is 6.01. The van der Waals surface area contributed by atoms with Gasteiger partial charge < -0.3 is 4.28 Å². The Bertz CT molecular complexity index is 849. The number of aryl methyl sites for hydroxylation is 1. The molecule has 2 aromatic carbocycles. The van der Waals surface area contributed by atoms with Crippen LogP contribution < -0.4 is 0 Å². The maximum absolute atomic E-state index is 6.07. The van der Waals surface area contributed by atoms with Crippen LogP contribution in [0.3, 0.4) is 0 Å². The third-order valence-corrected chi connectivity index (χ3v) is 6.08. The number of allylic oxidation sites excluding steroid dienone is 3. The van der Waals surface area contributed by atoms with Crippen LogP contribution in [0.4, 0.5) is 0 Å². The largest absolute Gasteiger partial charge is 0.317 e. The Morgan fingerprint density at radius 1 is 1.13 bits per heavy atom. The van der Waals surface area contributed by atoms with Crippen LogP contribution in [0.15, 0.2) is 81.2 Å². The summed E-state index contributed by atoms with van der Waals surface area (Å²) in [5.74, 6) is 0. The molecular weight excluding hydrogens is 465 g/mol. The van der Waals surface area contributed by atoms with E-state index in [1.54, 1.807) is 23.9 Å². The lowest BCUT2D eigenvalue weighted by Crippen LogP contribution is -2.08. The maximum Gasteiger partial charge on any atom is 0.125 e. The van der Waals surface area contributed by atoms with Crippen molar-refractivity contribution < 1.29 is 4.28 Å². The van der Waals surface area contributed by atoms with E-state index >= 15 is 0 Å². The van der Waals surface area contributed by atoms with Crippen LogP contribution >= 0.6 is 47.0 Å². The first-order valence-electron chi connectivity index (χ1n) is 10.3. The van der Waals surface area contributed by atoms with Gasteiger partial charge in [-0.05, 0) is 51.1 Å². The highest BCUT2D eigenvalue weighted by molar-refractivity contribution is 8.01. The number of hydrogen-bond donors (Lipinski definition) is 0. The Labute approximate surface area is 207 Å². The lowest BCUT2D eigenvalue weighted by Gasteiger charge is -2.04. The van der Waals surface area contributed by atoms with Crippen LogP contribution in [0, 0.1) is 6.92 Å². The summed E-state index contributed by atoms with van der Waals surface area (Å²) < 4.78 is 5.46. The molecule has 2 aromatic rings. The van der Waals surface area contributed by atoms with Gasteiger partial charge in [0.1, 0.15) is 17.8 Å². The van der Waals surface area contributed by atoms with Crippen molar-refractivity contribution in [2.75, 3.05) is 0 Å². The second-order valence-corrected chi connectivity index (χ2v) is 8.77. The van der Waals surface area contributed by atoms with Crippen molar-refractivity contribution >= 4 is 52.7 Å². The maximum atomic E-state index is 6.07. The zero-order valence-corrected chi connectivity index (χ0v) is 22.6. The molecule has 1 atom stereocenters. The van der Waals surface area contributed by atoms with E-state index < -0.39 is 0 Å². The molecule has 3 rings (SSSR count). The highest BCUT2D eigenvalue weighted by Crippen LogP contribution is 2.38. The average molecular weight is 499 g/mol. The predicted octanol–water partition coefficient (Wildman–Crippen LogP) is 9.94. The van der Waals surface area contributed by atoms with E-state index in [1.165, 1.54) is 22.5 Å². The van der Waals surface area contributed by atoms with Gasteiger partial charge in [-0.25, -0.2) is 0 Å². The van der Waals surface area contributed by atoms with Gasteiger partial charge in [0.15, 0.2) is 0 Å². The number of hydrogen-bond acceptors (Lipinski definition) is 4. The minimum absolute atomic E-state index is 0.275. The zero-order valence-electron chi connectivity index (χ0n) is 19.4. The molecular formula is C25H33Cl2NOS2. The monoisotopic (exact) mass is 497 g/mol. The second-order valence-electron chi connectivity index (χ2n) is 5.73. The number of oxime groups is 1. The Hall–Kier alpha value is -1.33. The summed E-state index contributed by atoms with van der Waals surface area (Å²) in [6, 6.07) is 14.1. The van der Waals surface area contributed by atoms with E-state index in [4.69, 9.17) is 27.5 Å². The number of benzene rings is 2. The smallest absolute Gasteiger partial charge is 0.125 e. The first-order chi connectivity index (χ1) is 14.9. The summed E-state index contributed by atoms with van der Waals surface area (Å²) in [4.78, 5) is 2.24. The fourth-order valence-electron chi connectivity index (χ4n) is 2.21. The lowest BCUT2D eigenvalue weighted by atomic mass is 10.1. The van der Waals surface area contributed by atoms with Gasteiger partial charge >= 0.3 is 0 Å². The van der Waals surface area contributed by atoms with Gasteiger partial charge in [-0.15, -0.1) is 11.8 Å². The SMILES string of the molecule is C=C/C(Cl)=C\C.CC.CC.Cc1ccc(SO/N=C2/c3cc(Cl)ccc3SC2C)cc1. The third-order valence-electron chi connectivity index (χ3n) is 3.67. The van der Waals surface area contributed by atoms with Gasteiger partial charge in [0.25, 0.3) is 0 Å². The van der Waals surface area contributed by atoms with Crippen LogP contribution in [0.1, 0.15) is 52.7 Å². The first-order valence-corrected chi connectivity index (χ1v) is 12.7. The molecule has 6 heteroatoms. The van der Waals surface area contributed by atoms with Crippen molar-refractivity contribution in [2.45, 2.75) is 63.5 Å². The van der Waals surface area contributed by atoms with E-state index in [9.17, 15) is 0 Å². The standard InChI is InChI=1S/C16H14ClNOS2.C5H7Cl.2C2H6/c1-10-3-6-13(7-4-10)21-19-18-16-11(2)20-15-8-5-12(17)9-14(15)16;1-3-5(6)4-2;2*1-2/h3-9,11H,1-2H3;3-4H,1H2,2H3;2*1-2H3/b18-16+;5-4+;;. The fraction of sp³-hybridized carbons (Fsp3) is 0.320. The Balaban J connectivity index is 0.000000771. The average Bonchev–Trinajstić information content (AvgIpc) is 3.12. The minimum Gasteiger partial charge on any atom is -0.317 e. The van der Waals surface area contributed by atoms with Gasteiger partial charge in [-0.3, -0.25) is 0 Å². The molecule has 1 aliphatic rings. The lowest BCUT2D eigenvalue weighted by molar-refractivity contribution is 0.404. The Morgan fingerprint density at radius 2 is 1.74 bits per heavy atom. The highest BCUT2D eigenvalue weighted by Gasteiger charge is 2.27. The molecule has 0 spiro atoms. The minimum atomic E-state index is 0.275. The molecule has 2 nitrogen and oxygen atoms in total. The molecule has 1 heterocycles. The van der Waals surface area contributed by atoms with E-state index in [0.29, 0.717) is 5.03 Å². The topological polar surface area (TPSA) is 21.6 Å². The molecule has 0 fully saturated rings. The van der Waals surface area contributed by atoms with Crippen molar-refractivity contribution in [3.05, 3.63) is 82.4 Å². The number of fused-ring (bicyclic) bond motifs is 1. The summed E-state index contributed by atoms with van der Waals surface area (Å²) in [7, 11) is 0. The molecule has 0 saturated carbocycles. The van der Waals surface area contributed by atoms with Crippen molar-refractivity contribution in [3.8, 4) is 0 Å². The number of thioether (sulfide) groups is 1. The highest BCUT2D eigenvalue weighted by atomic mass is 35.5. The molecule has 0 bridgehead atoms. The third kappa shape index (κ3) is 10.7. The molecule has 31 heavy (non-hydrogen) atoms. The van der Waals surface area contributed by atoms with Crippen LogP contribution in [0.2, 0.25) is 5.02 Å². The molecule has 0 aliphatic carbocycles. The fourth-order valence-corrected chi connectivity index (χ4v) is 3.93. The quantitative estimate of drug-likeness (QED) is 0.238. The van der Waals surface area contributed by atoms with Crippen LogP contribution in [0.5, 0.6) is 0 Å². The molecule has 1 aliphatic heterocycles. The second kappa shape index (κ2) is 17.3. The zero-order chi connectivity index (χ0) is 23.8. The summed E-state index contributed by atoms with van der Waals surface area (Å²) in [5.41, 5.74) is 3.25. The normalized spacial score (nSPS) is 15.3. The van der Waals surface area contributed by atoms with Gasteiger partial charge in [0.2, 0.25) is 0 Å². The molecule has 1 unspecified atom stereocenters. The van der Waals surface area contributed by atoms with Gasteiger partial charge in [-0.2, -0.15) is 0 Å². The summed E-state index contributed by atoms with van der Waals surface area (Å²) >= 11 is 14.5. The number of rotatable bonds is 4. The van der Waals surface area contributed by atoms with Crippen molar-refractivity contribution in [3.63, 3.8) is 0 Å². The van der Waals surface area contributed by atoms with Gasteiger partial charge in [0, 0.05) is 20.5 Å². The Morgan fingerprint density at radius 3 is 2.26 bits per heavy atom. The summed E-state index contributed by atoms with van der Waals surface area (Å²) in [6.45, 7) is 17.5. The molecule has 0 amide bonds. The van der Waals surface area contributed by atoms with Crippen LogP contribution in [0.25, 0.3) is 0 Å². The van der Waals surface area contributed by atoms with Crippen molar-refractivity contribution in [1.29, 1.82) is 0 Å². The van der Waals surface area contributed by atoms with Crippen molar-refractivity contribution in [1.82, 2.24) is 0 Å². The van der Waals surface area contributed by atoms with E-state index in [-0.39, 0.29) is 5.25 Å². The van der Waals surface area contributed by atoms with E-state index in [0.717, 1.165) is 21.2 Å². The molecule has 0 N–H and O–H groups in total. The van der Waals surface area contributed by atoms with Gasteiger partial charge in [-0.1, -0.05) is 92.5 Å². The van der Waals surface area contributed by atoms with E-state index in [2.05, 4.69) is 37.7 Å². The molecule has 0 aromatic heterocycles.